The summed E-state index contributed by atoms with van der Waals surface area (Å²) in [5, 5.41) is 0. The maximum atomic E-state index is 12.3. The molecule has 0 radical (unpaired) electrons. The van der Waals surface area contributed by atoms with Crippen molar-refractivity contribution in [3.8, 4) is 0 Å². The van der Waals surface area contributed by atoms with Crippen molar-refractivity contribution >= 4 is 29.0 Å². The van der Waals surface area contributed by atoms with Crippen LogP contribution in [0, 0.1) is 17.8 Å². The molecular formula is C14H22N2O2S. The molecule has 3 unspecified atom stereocenters. The molecule has 106 valence electrons. The van der Waals surface area contributed by atoms with Gasteiger partial charge in [-0.3, -0.25) is 14.5 Å². The average molecular weight is 282 g/mol. The zero-order valence-corrected chi connectivity index (χ0v) is 12.4. The van der Waals surface area contributed by atoms with Gasteiger partial charge in [0.25, 0.3) is 0 Å². The number of thiocarbonyl (C=S) groups is 1. The third-order valence-electron chi connectivity index (χ3n) is 4.67. The SMILES string of the molecule is CC1C(=O)N(C(C(N)=S)C2CCCCC2)C(=O)C1C. The van der Waals surface area contributed by atoms with Crippen LogP contribution in [0.4, 0.5) is 0 Å². The van der Waals surface area contributed by atoms with Crippen LogP contribution in [0.25, 0.3) is 0 Å². The largest absolute Gasteiger partial charge is 0.392 e. The number of likely N-dealkylation sites (tertiary alicyclic amines) is 1. The number of carbonyl (C=O) groups excluding carboxylic acids is 2. The highest BCUT2D eigenvalue weighted by molar-refractivity contribution is 7.80. The lowest BCUT2D eigenvalue weighted by atomic mass is 9.83. The highest BCUT2D eigenvalue weighted by Gasteiger charge is 2.48. The first-order valence-corrected chi connectivity index (χ1v) is 7.52. The fraction of sp³-hybridized carbons (Fsp3) is 0.786. The Bertz CT molecular complexity index is 384. The molecule has 2 amide bonds. The number of rotatable bonds is 3. The van der Waals surface area contributed by atoms with Crippen LogP contribution in [0.3, 0.4) is 0 Å². The third kappa shape index (κ3) is 2.53. The molecule has 0 aromatic rings. The van der Waals surface area contributed by atoms with Crippen LogP contribution in [0.15, 0.2) is 0 Å². The Balaban J connectivity index is 2.26. The molecule has 5 heteroatoms. The quantitative estimate of drug-likeness (QED) is 0.634. The van der Waals surface area contributed by atoms with Gasteiger partial charge in [-0.2, -0.15) is 0 Å². The van der Waals surface area contributed by atoms with E-state index in [1.54, 1.807) is 0 Å². The molecule has 1 saturated heterocycles. The number of carbonyl (C=O) groups is 2. The van der Waals surface area contributed by atoms with E-state index < -0.39 is 0 Å². The number of imide groups is 1. The van der Waals surface area contributed by atoms with Gasteiger partial charge in [0.2, 0.25) is 11.8 Å². The molecule has 1 aliphatic heterocycles. The van der Waals surface area contributed by atoms with Crippen LogP contribution in [-0.4, -0.2) is 27.7 Å². The van der Waals surface area contributed by atoms with E-state index in [9.17, 15) is 9.59 Å². The molecule has 19 heavy (non-hydrogen) atoms. The van der Waals surface area contributed by atoms with Gasteiger partial charge < -0.3 is 5.73 Å². The normalized spacial score (nSPS) is 30.7. The summed E-state index contributed by atoms with van der Waals surface area (Å²) in [5.74, 6) is -0.487. The standard InChI is InChI=1S/C14H22N2O2S/c1-8-9(2)14(18)16(13(8)17)11(12(15)19)10-6-4-3-5-7-10/h8-11H,3-7H2,1-2H3,(H2,15,19). The average Bonchev–Trinajstić information content (AvgIpc) is 2.58. The van der Waals surface area contributed by atoms with Crippen molar-refractivity contribution in [2.45, 2.75) is 52.0 Å². The minimum absolute atomic E-state index is 0.110. The van der Waals surface area contributed by atoms with Crippen molar-refractivity contribution in [2.24, 2.45) is 23.5 Å². The first-order valence-electron chi connectivity index (χ1n) is 7.11. The van der Waals surface area contributed by atoms with Crippen molar-refractivity contribution in [3.05, 3.63) is 0 Å². The fourth-order valence-corrected chi connectivity index (χ4v) is 3.57. The molecule has 0 aromatic heterocycles. The van der Waals surface area contributed by atoms with Gasteiger partial charge in [0.1, 0.15) is 0 Å². The zero-order valence-electron chi connectivity index (χ0n) is 11.6. The first-order chi connectivity index (χ1) is 8.95. The smallest absolute Gasteiger partial charge is 0.233 e. The summed E-state index contributed by atoms with van der Waals surface area (Å²) in [5.41, 5.74) is 5.85. The molecule has 1 aliphatic carbocycles. The number of nitrogens with zero attached hydrogens (tertiary/aromatic N) is 1. The number of amides is 2. The van der Waals surface area contributed by atoms with E-state index in [4.69, 9.17) is 18.0 Å². The van der Waals surface area contributed by atoms with Crippen LogP contribution < -0.4 is 5.73 Å². The molecule has 2 aliphatic rings. The predicted molar refractivity (Wildman–Crippen MR) is 77.3 cm³/mol. The van der Waals surface area contributed by atoms with Gasteiger partial charge in [-0.15, -0.1) is 0 Å². The van der Waals surface area contributed by atoms with Crippen molar-refractivity contribution < 1.29 is 9.59 Å². The number of hydrogen-bond donors (Lipinski definition) is 1. The second-order valence-electron chi connectivity index (χ2n) is 5.87. The summed E-state index contributed by atoms with van der Waals surface area (Å²) in [4.78, 5) is 26.3. The summed E-state index contributed by atoms with van der Waals surface area (Å²) >= 11 is 5.15. The molecule has 2 rings (SSSR count). The topological polar surface area (TPSA) is 63.4 Å². The first kappa shape index (κ1) is 14.4. The minimum Gasteiger partial charge on any atom is -0.392 e. The lowest BCUT2D eigenvalue weighted by Gasteiger charge is -2.35. The Morgan fingerprint density at radius 2 is 1.63 bits per heavy atom. The maximum absolute atomic E-state index is 12.3. The summed E-state index contributed by atoms with van der Waals surface area (Å²) in [7, 11) is 0. The third-order valence-corrected chi connectivity index (χ3v) is 4.91. The van der Waals surface area contributed by atoms with Gasteiger partial charge in [0.15, 0.2) is 0 Å². The second kappa shape index (κ2) is 5.57. The Morgan fingerprint density at radius 3 is 2.05 bits per heavy atom. The number of nitrogens with two attached hydrogens (primary N) is 1. The summed E-state index contributed by atoms with van der Waals surface area (Å²) in [6.07, 6.45) is 5.48. The van der Waals surface area contributed by atoms with Gasteiger partial charge in [-0.1, -0.05) is 45.3 Å². The lowest BCUT2D eigenvalue weighted by molar-refractivity contribution is -0.142. The molecule has 1 heterocycles. The molecule has 2 fully saturated rings. The van der Waals surface area contributed by atoms with Crippen LogP contribution in [-0.2, 0) is 9.59 Å². The van der Waals surface area contributed by atoms with Crippen molar-refractivity contribution in [1.82, 2.24) is 4.90 Å². The fourth-order valence-electron chi connectivity index (χ4n) is 3.27. The molecule has 1 saturated carbocycles. The maximum Gasteiger partial charge on any atom is 0.233 e. The van der Waals surface area contributed by atoms with Crippen molar-refractivity contribution in [2.75, 3.05) is 0 Å². The van der Waals surface area contributed by atoms with E-state index in [1.807, 2.05) is 13.8 Å². The van der Waals surface area contributed by atoms with E-state index in [0.717, 1.165) is 25.7 Å². The Morgan fingerprint density at radius 1 is 1.16 bits per heavy atom. The summed E-state index contributed by atoms with van der Waals surface area (Å²) < 4.78 is 0. The summed E-state index contributed by atoms with van der Waals surface area (Å²) in [6.45, 7) is 3.62. The zero-order chi connectivity index (χ0) is 14.2. The van der Waals surface area contributed by atoms with Crippen LogP contribution >= 0.6 is 12.2 Å². The Hall–Kier alpha value is -0.970. The predicted octanol–water partition coefficient (Wildman–Crippen LogP) is 1.86. The van der Waals surface area contributed by atoms with Gasteiger partial charge in [-0.25, -0.2) is 0 Å². The molecule has 3 atom stereocenters. The monoisotopic (exact) mass is 282 g/mol. The lowest BCUT2D eigenvalue weighted by Crippen LogP contribution is -2.52. The van der Waals surface area contributed by atoms with Crippen molar-refractivity contribution in [1.29, 1.82) is 0 Å². The molecule has 0 spiro atoms. The molecule has 0 aromatic carbocycles. The van der Waals surface area contributed by atoms with Gasteiger partial charge >= 0.3 is 0 Å². The summed E-state index contributed by atoms with van der Waals surface area (Å²) in [6, 6.07) is -0.373. The van der Waals surface area contributed by atoms with Crippen molar-refractivity contribution in [3.63, 3.8) is 0 Å². The molecule has 2 N–H and O–H groups in total. The van der Waals surface area contributed by atoms with E-state index >= 15 is 0 Å². The molecule has 4 nitrogen and oxygen atoms in total. The van der Waals surface area contributed by atoms with Crippen LogP contribution in [0.5, 0.6) is 0 Å². The highest BCUT2D eigenvalue weighted by atomic mass is 32.1. The second-order valence-corrected chi connectivity index (χ2v) is 6.34. The van der Waals surface area contributed by atoms with E-state index in [0.29, 0.717) is 0 Å². The van der Waals surface area contributed by atoms with Gasteiger partial charge in [0.05, 0.1) is 11.0 Å². The molecular weight excluding hydrogens is 260 g/mol. The van der Waals surface area contributed by atoms with Gasteiger partial charge in [0, 0.05) is 11.8 Å². The Kier molecular flexibility index (Phi) is 4.23. The van der Waals surface area contributed by atoms with E-state index in [-0.39, 0.29) is 40.6 Å². The van der Waals surface area contributed by atoms with Crippen LogP contribution in [0.1, 0.15) is 46.0 Å². The molecule has 0 bridgehead atoms. The highest BCUT2D eigenvalue weighted by Crippen LogP contribution is 2.34. The Labute approximate surface area is 119 Å². The number of hydrogen-bond acceptors (Lipinski definition) is 3. The van der Waals surface area contributed by atoms with Gasteiger partial charge in [-0.05, 0) is 18.8 Å². The van der Waals surface area contributed by atoms with Crippen LogP contribution in [0.2, 0.25) is 0 Å². The minimum atomic E-state index is -0.373. The van der Waals surface area contributed by atoms with E-state index in [2.05, 4.69) is 0 Å². The van der Waals surface area contributed by atoms with E-state index in [1.165, 1.54) is 11.3 Å².